The van der Waals surface area contributed by atoms with Gasteiger partial charge < -0.3 is 9.47 Å². The van der Waals surface area contributed by atoms with Gasteiger partial charge in [-0.25, -0.2) is 4.79 Å². The van der Waals surface area contributed by atoms with E-state index in [4.69, 9.17) is 4.74 Å². The van der Waals surface area contributed by atoms with E-state index >= 15 is 0 Å². The van der Waals surface area contributed by atoms with Crippen molar-refractivity contribution in [3.8, 4) is 11.4 Å². The number of benzene rings is 2. The fourth-order valence-corrected chi connectivity index (χ4v) is 2.43. The Morgan fingerprint density at radius 2 is 1.74 bits per heavy atom. The van der Waals surface area contributed by atoms with Crippen molar-refractivity contribution in [2.45, 2.75) is 0 Å². The second-order valence-electron chi connectivity index (χ2n) is 4.98. The summed E-state index contributed by atoms with van der Waals surface area (Å²) in [4.78, 5) is 24.1. The number of ether oxygens (including phenoxy) is 2. The maximum Gasteiger partial charge on any atom is 0.337 e. The largest absolute Gasteiger partial charge is 0.497 e. The highest BCUT2D eigenvalue weighted by atomic mass is 16.5. The number of aromatic nitrogens is 1. The molecule has 0 atom stereocenters. The summed E-state index contributed by atoms with van der Waals surface area (Å²) in [5.74, 6) is 0.298. The third-order valence-corrected chi connectivity index (χ3v) is 3.68. The van der Waals surface area contributed by atoms with E-state index in [-0.39, 0.29) is 5.56 Å². The van der Waals surface area contributed by atoms with Crippen LogP contribution in [0.2, 0.25) is 0 Å². The Balaban J connectivity index is 2.08. The van der Waals surface area contributed by atoms with Crippen LogP contribution in [-0.2, 0) is 4.74 Å². The fourth-order valence-electron chi connectivity index (χ4n) is 2.43. The molecule has 23 heavy (non-hydrogen) atoms. The highest BCUT2D eigenvalue weighted by molar-refractivity contribution is 5.89. The number of carbonyl (C=O) groups excluding carboxylic acids is 1. The normalized spacial score (nSPS) is 10.5. The van der Waals surface area contributed by atoms with Crippen molar-refractivity contribution in [1.29, 1.82) is 0 Å². The minimum Gasteiger partial charge on any atom is -0.497 e. The average molecular weight is 309 g/mol. The number of methoxy groups -OCH3 is 2. The van der Waals surface area contributed by atoms with Gasteiger partial charge in [0.1, 0.15) is 5.75 Å². The number of hydrogen-bond acceptors (Lipinski definition) is 4. The first-order valence-electron chi connectivity index (χ1n) is 7.02. The maximum atomic E-state index is 12.6. The molecule has 116 valence electrons. The first kappa shape index (κ1) is 14.8. The first-order chi connectivity index (χ1) is 11.1. The van der Waals surface area contributed by atoms with Crippen LogP contribution in [0.15, 0.2) is 59.5 Å². The van der Waals surface area contributed by atoms with Crippen LogP contribution < -0.4 is 10.3 Å². The van der Waals surface area contributed by atoms with Gasteiger partial charge in [-0.1, -0.05) is 0 Å². The molecule has 0 aliphatic heterocycles. The highest BCUT2D eigenvalue weighted by Gasteiger charge is 2.08. The molecule has 0 aliphatic carbocycles. The van der Waals surface area contributed by atoms with Crippen LogP contribution in [0.3, 0.4) is 0 Å². The molecule has 0 saturated heterocycles. The molecule has 3 rings (SSSR count). The van der Waals surface area contributed by atoms with Crippen LogP contribution in [0, 0.1) is 0 Å². The van der Waals surface area contributed by atoms with Crippen LogP contribution >= 0.6 is 0 Å². The third kappa shape index (κ3) is 2.68. The smallest absolute Gasteiger partial charge is 0.337 e. The summed E-state index contributed by atoms with van der Waals surface area (Å²) < 4.78 is 11.4. The number of carbonyl (C=O) groups is 1. The lowest BCUT2D eigenvalue weighted by atomic mass is 10.1. The zero-order chi connectivity index (χ0) is 16.4. The number of pyridine rings is 1. The molecular weight excluding hydrogens is 294 g/mol. The summed E-state index contributed by atoms with van der Waals surface area (Å²) >= 11 is 0. The molecular formula is C18H15NO4. The van der Waals surface area contributed by atoms with Crippen LogP contribution in [0.5, 0.6) is 5.75 Å². The van der Waals surface area contributed by atoms with Crippen molar-refractivity contribution in [1.82, 2.24) is 4.57 Å². The Labute approximate surface area is 132 Å². The number of nitrogens with zero attached hydrogens (tertiary/aromatic N) is 1. The number of hydrogen-bond donors (Lipinski definition) is 0. The molecule has 0 radical (unpaired) electrons. The standard InChI is InChI=1S/C18H15NO4/c1-22-15-7-8-16-13(11-15)9-10-19(17(16)20)14-5-3-12(4-6-14)18(21)23-2/h3-11H,1-2H3. The summed E-state index contributed by atoms with van der Waals surface area (Å²) in [6.07, 6.45) is 1.71. The van der Waals surface area contributed by atoms with E-state index in [2.05, 4.69) is 4.74 Å². The average Bonchev–Trinajstić information content (AvgIpc) is 2.61. The lowest BCUT2D eigenvalue weighted by Crippen LogP contribution is -2.17. The van der Waals surface area contributed by atoms with E-state index < -0.39 is 5.97 Å². The van der Waals surface area contributed by atoms with Crippen molar-refractivity contribution < 1.29 is 14.3 Å². The van der Waals surface area contributed by atoms with Gasteiger partial charge in [-0.05, 0) is 53.9 Å². The second kappa shape index (κ2) is 5.96. The molecule has 0 aliphatic rings. The van der Waals surface area contributed by atoms with Gasteiger partial charge in [0, 0.05) is 17.3 Å². The van der Waals surface area contributed by atoms with Gasteiger partial charge in [0.05, 0.1) is 19.8 Å². The van der Waals surface area contributed by atoms with Crippen LogP contribution in [0.25, 0.3) is 16.5 Å². The summed E-state index contributed by atoms with van der Waals surface area (Å²) in [7, 11) is 2.92. The zero-order valence-electron chi connectivity index (χ0n) is 12.8. The molecule has 5 heteroatoms. The van der Waals surface area contributed by atoms with Gasteiger partial charge in [-0.15, -0.1) is 0 Å². The molecule has 0 spiro atoms. The summed E-state index contributed by atoms with van der Waals surface area (Å²) in [5.41, 5.74) is 0.992. The predicted octanol–water partition coefficient (Wildman–Crippen LogP) is 2.79. The molecule has 1 aromatic heterocycles. The Morgan fingerprint density at radius 3 is 2.39 bits per heavy atom. The third-order valence-electron chi connectivity index (χ3n) is 3.68. The van der Waals surface area contributed by atoms with Crippen LogP contribution in [0.4, 0.5) is 0 Å². The summed E-state index contributed by atoms with van der Waals surface area (Å²) in [5, 5.41) is 1.42. The Hall–Kier alpha value is -3.08. The second-order valence-corrected chi connectivity index (χ2v) is 4.98. The van der Waals surface area contributed by atoms with Gasteiger partial charge in [0.2, 0.25) is 0 Å². The fraction of sp³-hybridized carbons (Fsp3) is 0.111. The predicted molar refractivity (Wildman–Crippen MR) is 87.4 cm³/mol. The van der Waals surface area contributed by atoms with Crippen molar-refractivity contribution in [2.75, 3.05) is 14.2 Å². The number of esters is 1. The quantitative estimate of drug-likeness (QED) is 0.698. The Morgan fingerprint density at radius 1 is 1.00 bits per heavy atom. The van der Waals surface area contributed by atoms with Gasteiger partial charge in [0.15, 0.2) is 0 Å². The van der Waals surface area contributed by atoms with Gasteiger partial charge in [-0.3, -0.25) is 9.36 Å². The van der Waals surface area contributed by atoms with Crippen molar-refractivity contribution in [2.24, 2.45) is 0 Å². The molecule has 0 saturated carbocycles. The topological polar surface area (TPSA) is 57.5 Å². The van der Waals surface area contributed by atoms with E-state index in [9.17, 15) is 9.59 Å². The Kier molecular flexibility index (Phi) is 3.85. The minimum absolute atomic E-state index is 0.129. The molecule has 2 aromatic carbocycles. The lowest BCUT2D eigenvalue weighted by Gasteiger charge is -2.09. The summed E-state index contributed by atoms with van der Waals surface area (Å²) in [6.45, 7) is 0. The minimum atomic E-state index is -0.408. The van der Waals surface area contributed by atoms with Crippen LogP contribution in [-0.4, -0.2) is 24.8 Å². The molecule has 3 aromatic rings. The highest BCUT2D eigenvalue weighted by Crippen LogP contribution is 2.19. The molecule has 1 heterocycles. The molecule has 0 N–H and O–H groups in total. The molecule has 0 unspecified atom stereocenters. The van der Waals surface area contributed by atoms with Gasteiger partial charge >= 0.3 is 5.97 Å². The van der Waals surface area contributed by atoms with E-state index in [1.54, 1.807) is 49.7 Å². The summed E-state index contributed by atoms with van der Waals surface area (Å²) in [6, 6.07) is 13.9. The monoisotopic (exact) mass is 309 g/mol. The zero-order valence-corrected chi connectivity index (χ0v) is 12.8. The maximum absolute atomic E-state index is 12.6. The van der Waals surface area contributed by atoms with E-state index in [1.165, 1.54) is 11.7 Å². The van der Waals surface area contributed by atoms with E-state index in [1.807, 2.05) is 12.1 Å². The lowest BCUT2D eigenvalue weighted by molar-refractivity contribution is 0.0601. The van der Waals surface area contributed by atoms with Gasteiger partial charge in [-0.2, -0.15) is 0 Å². The van der Waals surface area contributed by atoms with Crippen molar-refractivity contribution in [3.05, 3.63) is 70.6 Å². The van der Waals surface area contributed by atoms with E-state index in [0.29, 0.717) is 22.4 Å². The van der Waals surface area contributed by atoms with Crippen LogP contribution in [0.1, 0.15) is 10.4 Å². The first-order valence-corrected chi connectivity index (χ1v) is 7.02. The van der Waals surface area contributed by atoms with Crippen molar-refractivity contribution in [3.63, 3.8) is 0 Å². The SMILES string of the molecule is COC(=O)c1ccc(-n2ccc3cc(OC)ccc3c2=O)cc1. The Bertz CT molecular complexity index is 926. The van der Waals surface area contributed by atoms with Gasteiger partial charge in [0.25, 0.3) is 5.56 Å². The number of fused-ring (bicyclic) bond motifs is 1. The molecule has 0 amide bonds. The van der Waals surface area contributed by atoms with Crippen molar-refractivity contribution >= 4 is 16.7 Å². The number of rotatable bonds is 3. The molecule has 0 fully saturated rings. The molecule has 0 bridgehead atoms. The molecule has 5 nitrogen and oxygen atoms in total. The van der Waals surface area contributed by atoms with E-state index in [0.717, 1.165) is 5.39 Å².